The summed E-state index contributed by atoms with van der Waals surface area (Å²) in [4.78, 5) is 29.9. The van der Waals surface area contributed by atoms with E-state index in [2.05, 4.69) is 15.3 Å². The number of nitrogens with zero attached hydrogens (tertiary/aromatic N) is 1. The van der Waals surface area contributed by atoms with Crippen molar-refractivity contribution in [3.8, 4) is 0 Å². The molecule has 1 aromatic carbocycles. The molecule has 0 bridgehead atoms. The van der Waals surface area contributed by atoms with Gasteiger partial charge in [-0.1, -0.05) is 18.2 Å². The Morgan fingerprint density at radius 2 is 2.00 bits per heavy atom. The molecule has 6 heteroatoms. The number of nitrogens with two attached hydrogens (primary N) is 1. The minimum absolute atomic E-state index is 0.000492. The lowest BCUT2D eigenvalue weighted by atomic mass is 10.2. The molecule has 1 heterocycles. The number of carbonyl (C=O) groups excluding carboxylic acids is 1. The highest BCUT2D eigenvalue weighted by molar-refractivity contribution is 6.05. The Balaban J connectivity index is 2.31. The summed E-state index contributed by atoms with van der Waals surface area (Å²) in [6.07, 6.45) is 0. The first kappa shape index (κ1) is 11.8. The lowest BCUT2D eigenvalue weighted by Gasteiger charge is -2.06. The molecule has 4 N–H and O–H groups in total. The fourth-order valence-electron chi connectivity index (χ4n) is 1.50. The molecular formula is C12H12N4O2. The molecule has 0 fully saturated rings. The lowest BCUT2D eigenvalue weighted by molar-refractivity contribution is 0.102. The molecule has 0 aliphatic carbocycles. The molecule has 2 rings (SSSR count). The molecule has 0 saturated heterocycles. The second-order valence-corrected chi connectivity index (χ2v) is 3.73. The number of anilines is 2. The summed E-state index contributed by atoms with van der Waals surface area (Å²) < 4.78 is 0. The van der Waals surface area contributed by atoms with Gasteiger partial charge in [-0.05, 0) is 19.1 Å². The third-order valence-electron chi connectivity index (χ3n) is 2.34. The smallest absolute Gasteiger partial charge is 0.276 e. The van der Waals surface area contributed by atoms with Gasteiger partial charge < -0.3 is 16.0 Å². The third-order valence-corrected chi connectivity index (χ3v) is 2.34. The van der Waals surface area contributed by atoms with Gasteiger partial charge in [-0.3, -0.25) is 9.59 Å². The minimum atomic E-state index is -0.468. The zero-order chi connectivity index (χ0) is 13.1. The van der Waals surface area contributed by atoms with Crippen molar-refractivity contribution in [1.29, 1.82) is 0 Å². The molecule has 1 amide bonds. The second kappa shape index (κ2) is 4.70. The summed E-state index contributed by atoms with van der Waals surface area (Å²) in [5.74, 6) is -0.00538. The van der Waals surface area contributed by atoms with Crippen molar-refractivity contribution in [3.63, 3.8) is 0 Å². The highest BCUT2D eigenvalue weighted by Crippen LogP contribution is 2.10. The molecule has 0 radical (unpaired) electrons. The van der Waals surface area contributed by atoms with Gasteiger partial charge in [-0.2, -0.15) is 0 Å². The second-order valence-electron chi connectivity index (χ2n) is 3.73. The number of H-pyrrole nitrogens is 1. The Morgan fingerprint density at radius 1 is 1.33 bits per heavy atom. The Kier molecular flexibility index (Phi) is 3.09. The molecule has 0 aliphatic heterocycles. The van der Waals surface area contributed by atoms with Crippen molar-refractivity contribution in [1.82, 2.24) is 9.97 Å². The largest absolute Gasteiger partial charge is 0.382 e. The molecule has 6 nitrogen and oxygen atoms in total. The van der Waals surface area contributed by atoms with Crippen LogP contribution in [0.2, 0.25) is 0 Å². The van der Waals surface area contributed by atoms with Gasteiger partial charge in [0.2, 0.25) is 0 Å². The van der Waals surface area contributed by atoms with Crippen LogP contribution in [0.4, 0.5) is 11.5 Å². The van der Waals surface area contributed by atoms with Gasteiger partial charge in [0.15, 0.2) is 5.82 Å². The van der Waals surface area contributed by atoms with E-state index in [1.807, 2.05) is 0 Å². The van der Waals surface area contributed by atoms with Crippen LogP contribution in [0.25, 0.3) is 0 Å². The maximum absolute atomic E-state index is 11.9. The molecule has 0 spiro atoms. The van der Waals surface area contributed by atoms with Crippen molar-refractivity contribution in [2.75, 3.05) is 11.1 Å². The van der Waals surface area contributed by atoms with Crippen LogP contribution in [0.1, 0.15) is 16.2 Å². The van der Waals surface area contributed by atoms with Gasteiger partial charge >= 0.3 is 0 Å². The van der Waals surface area contributed by atoms with Crippen LogP contribution < -0.4 is 16.6 Å². The van der Waals surface area contributed by atoms with Gasteiger partial charge in [0.1, 0.15) is 11.5 Å². The molecule has 1 aromatic heterocycles. The van der Waals surface area contributed by atoms with Crippen LogP contribution >= 0.6 is 0 Å². The third kappa shape index (κ3) is 2.37. The van der Waals surface area contributed by atoms with Crippen molar-refractivity contribution in [2.24, 2.45) is 0 Å². The highest BCUT2D eigenvalue weighted by Gasteiger charge is 2.12. The van der Waals surface area contributed by atoms with Crippen molar-refractivity contribution < 1.29 is 4.79 Å². The Labute approximate surface area is 103 Å². The number of nitrogen functional groups attached to an aromatic ring is 1. The molecule has 92 valence electrons. The summed E-state index contributed by atoms with van der Waals surface area (Å²) in [7, 11) is 0. The van der Waals surface area contributed by atoms with Gasteiger partial charge in [-0.25, -0.2) is 4.98 Å². The van der Waals surface area contributed by atoms with Crippen LogP contribution in [0.15, 0.2) is 35.1 Å². The normalized spacial score (nSPS) is 10.1. The summed E-state index contributed by atoms with van der Waals surface area (Å²) >= 11 is 0. The van der Waals surface area contributed by atoms with E-state index < -0.39 is 11.5 Å². The highest BCUT2D eigenvalue weighted by atomic mass is 16.2. The fourth-order valence-corrected chi connectivity index (χ4v) is 1.50. The van der Waals surface area contributed by atoms with Crippen LogP contribution in [-0.4, -0.2) is 15.9 Å². The number of aromatic nitrogens is 2. The average Bonchev–Trinajstić information content (AvgIpc) is 2.34. The molecule has 2 aromatic rings. The van der Waals surface area contributed by atoms with E-state index in [0.29, 0.717) is 11.4 Å². The summed E-state index contributed by atoms with van der Waals surface area (Å²) in [5, 5.41) is 2.45. The van der Waals surface area contributed by atoms with Crippen molar-refractivity contribution in [3.05, 3.63) is 52.1 Å². The van der Waals surface area contributed by atoms with Crippen LogP contribution in [0.3, 0.4) is 0 Å². The van der Waals surface area contributed by atoms with Crippen LogP contribution in [0.5, 0.6) is 0 Å². The van der Waals surface area contributed by atoms with Gasteiger partial charge in [-0.15, -0.1) is 0 Å². The number of nitrogens with one attached hydrogen (secondary N) is 2. The molecule has 0 aliphatic rings. The van der Waals surface area contributed by atoms with E-state index in [1.54, 1.807) is 37.3 Å². The number of benzene rings is 1. The van der Waals surface area contributed by atoms with E-state index in [-0.39, 0.29) is 11.5 Å². The van der Waals surface area contributed by atoms with Crippen molar-refractivity contribution in [2.45, 2.75) is 6.92 Å². The summed E-state index contributed by atoms with van der Waals surface area (Å²) in [6.45, 7) is 1.61. The zero-order valence-electron chi connectivity index (χ0n) is 9.73. The number of aryl methyl sites for hydroxylation is 1. The molecule has 0 atom stereocenters. The van der Waals surface area contributed by atoms with E-state index in [9.17, 15) is 9.59 Å². The fraction of sp³-hybridized carbons (Fsp3) is 0.0833. The number of aromatic amines is 1. The van der Waals surface area contributed by atoms with Gasteiger partial charge in [0, 0.05) is 5.56 Å². The van der Waals surface area contributed by atoms with Crippen LogP contribution in [-0.2, 0) is 0 Å². The number of carbonyl (C=O) groups is 1. The zero-order valence-corrected chi connectivity index (χ0v) is 9.73. The topological polar surface area (TPSA) is 101 Å². The summed E-state index contributed by atoms with van der Waals surface area (Å²) in [5.41, 5.74) is 5.54. The molecular weight excluding hydrogens is 232 g/mol. The number of amides is 1. The van der Waals surface area contributed by atoms with E-state index in [0.717, 1.165) is 0 Å². The Bertz CT molecular complexity index is 634. The molecule has 0 saturated carbocycles. The van der Waals surface area contributed by atoms with E-state index in [4.69, 9.17) is 5.73 Å². The Hall–Kier alpha value is -2.63. The maximum Gasteiger partial charge on any atom is 0.276 e. The Morgan fingerprint density at radius 3 is 2.61 bits per heavy atom. The predicted molar refractivity (Wildman–Crippen MR) is 68.4 cm³/mol. The average molecular weight is 244 g/mol. The maximum atomic E-state index is 11.9. The van der Waals surface area contributed by atoms with Gasteiger partial charge in [0.05, 0.1) is 0 Å². The first-order valence-corrected chi connectivity index (χ1v) is 5.30. The summed E-state index contributed by atoms with van der Waals surface area (Å²) in [6, 6.07) is 8.54. The van der Waals surface area contributed by atoms with E-state index >= 15 is 0 Å². The van der Waals surface area contributed by atoms with Crippen molar-refractivity contribution >= 4 is 17.4 Å². The number of hydrogen-bond acceptors (Lipinski definition) is 4. The predicted octanol–water partition coefficient (Wildman–Crippen LogP) is 0.913. The molecule has 0 unspecified atom stereocenters. The van der Waals surface area contributed by atoms with Crippen LogP contribution in [0, 0.1) is 6.92 Å². The lowest BCUT2D eigenvalue weighted by Crippen LogP contribution is -2.23. The first-order valence-electron chi connectivity index (χ1n) is 5.30. The van der Waals surface area contributed by atoms with Gasteiger partial charge in [0.25, 0.3) is 11.5 Å². The van der Waals surface area contributed by atoms with E-state index in [1.165, 1.54) is 0 Å². The monoisotopic (exact) mass is 244 g/mol. The first-order chi connectivity index (χ1) is 8.58. The standard InChI is InChI=1S/C12H12N4O2/c1-7-14-10(13)9(12(18)15-7)16-11(17)8-5-3-2-4-6-8/h2-6H,1H3,(H,16,17)(H3,13,14,15,18). The number of hydrogen-bond donors (Lipinski definition) is 3. The quantitative estimate of drug-likeness (QED) is 0.730. The minimum Gasteiger partial charge on any atom is -0.382 e. The SMILES string of the molecule is Cc1nc(N)c(NC(=O)c2ccccc2)c(=O)[nH]1. The molecule has 18 heavy (non-hydrogen) atoms. The number of rotatable bonds is 2.